The Morgan fingerprint density at radius 1 is 1.30 bits per heavy atom. The van der Waals surface area contributed by atoms with Gasteiger partial charge >= 0.3 is 0 Å². The van der Waals surface area contributed by atoms with Gasteiger partial charge in [0.15, 0.2) is 0 Å². The third-order valence-corrected chi connectivity index (χ3v) is 5.28. The van der Waals surface area contributed by atoms with Crippen LogP contribution in [0.15, 0.2) is 5.16 Å². The van der Waals surface area contributed by atoms with Gasteiger partial charge in [-0.05, 0) is 42.0 Å². The zero-order chi connectivity index (χ0) is 16.2. The summed E-state index contributed by atoms with van der Waals surface area (Å²) in [5, 5.41) is 15.6. The third-order valence-electron chi connectivity index (χ3n) is 4.33. The maximum atomic E-state index is 12.1. The molecule has 1 saturated carbocycles. The number of hydrogen-bond donors (Lipinski definition) is 1. The maximum Gasteiger partial charge on any atom is 0.230 e. The van der Waals surface area contributed by atoms with Crippen LogP contribution in [0.5, 0.6) is 0 Å². The first-order chi connectivity index (χ1) is 11.1. The van der Waals surface area contributed by atoms with Gasteiger partial charge in [0.2, 0.25) is 11.1 Å². The standard InChI is InChI=1S/C15H26N6OS/c1-11(2)9-21-15(17-18-19-21)23-10-14(22)16-12-5-7-20(8-6-12)13-3-4-13/h11-13H,3-10H2,1-2H3,(H,16,22). The zero-order valence-electron chi connectivity index (χ0n) is 13.9. The molecule has 1 aliphatic heterocycles. The van der Waals surface area contributed by atoms with Crippen LogP contribution in [0.2, 0.25) is 0 Å². The number of nitrogens with one attached hydrogen (secondary N) is 1. The molecule has 0 aromatic carbocycles. The number of tetrazole rings is 1. The highest BCUT2D eigenvalue weighted by molar-refractivity contribution is 7.99. The predicted molar refractivity (Wildman–Crippen MR) is 89.1 cm³/mol. The molecule has 1 aromatic rings. The Bertz CT molecular complexity index is 522. The van der Waals surface area contributed by atoms with E-state index in [9.17, 15) is 4.79 Å². The fraction of sp³-hybridized carbons (Fsp3) is 0.867. The number of nitrogens with zero attached hydrogens (tertiary/aromatic N) is 5. The van der Waals surface area contributed by atoms with Gasteiger partial charge in [0.25, 0.3) is 0 Å². The zero-order valence-corrected chi connectivity index (χ0v) is 14.8. The van der Waals surface area contributed by atoms with Gasteiger partial charge in [-0.2, -0.15) is 0 Å². The van der Waals surface area contributed by atoms with E-state index in [1.807, 2.05) is 0 Å². The summed E-state index contributed by atoms with van der Waals surface area (Å²) in [5.74, 6) is 0.934. The Kier molecular flexibility index (Phi) is 5.53. The van der Waals surface area contributed by atoms with Gasteiger partial charge in [0, 0.05) is 31.7 Å². The lowest BCUT2D eigenvalue weighted by Crippen LogP contribution is -2.45. The molecule has 1 aromatic heterocycles. The Balaban J connectivity index is 1.39. The van der Waals surface area contributed by atoms with E-state index in [0.29, 0.717) is 17.7 Å². The summed E-state index contributed by atoms with van der Waals surface area (Å²) >= 11 is 1.41. The molecule has 8 heteroatoms. The lowest BCUT2D eigenvalue weighted by molar-refractivity contribution is -0.119. The molecule has 2 aliphatic rings. The topological polar surface area (TPSA) is 75.9 Å². The summed E-state index contributed by atoms with van der Waals surface area (Å²) in [6.07, 6.45) is 4.85. The van der Waals surface area contributed by atoms with Gasteiger partial charge in [-0.3, -0.25) is 4.79 Å². The molecule has 1 amide bonds. The second-order valence-corrected chi connectivity index (χ2v) is 7.88. The van der Waals surface area contributed by atoms with Gasteiger partial charge < -0.3 is 10.2 Å². The number of carbonyl (C=O) groups excluding carboxylic acids is 1. The van der Waals surface area contributed by atoms with E-state index >= 15 is 0 Å². The first-order valence-electron chi connectivity index (χ1n) is 8.54. The van der Waals surface area contributed by atoms with Crippen LogP contribution in [-0.2, 0) is 11.3 Å². The normalized spacial score (nSPS) is 20.1. The van der Waals surface area contributed by atoms with Crippen LogP contribution in [0, 0.1) is 5.92 Å². The molecule has 1 aliphatic carbocycles. The smallest absolute Gasteiger partial charge is 0.230 e. The van der Waals surface area contributed by atoms with Crippen molar-refractivity contribution in [3.63, 3.8) is 0 Å². The van der Waals surface area contributed by atoms with Crippen molar-refractivity contribution in [2.75, 3.05) is 18.8 Å². The molecular weight excluding hydrogens is 312 g/mol. The lowest BCUT2D eigenvalue weighted by atomic mass is 10.1. The lowest BCUT2D eigenvalue weighted by Gasteiger charge is -2.32. The number of aromatic nitrogens is 4. The summed E-state index contributed by atoms with van der Waals surface area (Å²) in [4.78, 5) is 14.7. The van der Waals surface area contributed by atoms with E-state index in [2.05, 4.69) is 39.6 Å². The van der Waals surface area contributed by atoms with Crippen molar-refractivity contribution in [3.8, 4) is 0 Å². The van der Waals surface area contributed by atoms with Crippen LogP contribution in [0.25, 0.3) is 0 Å². The van der Waals surface area contributed by atoms with Crippen LogP contribution in [0.4, 0.5) is 0 Å². The van der Waals surface area contributed by atoms with E-state index in [0.717, 1.165) is 43.7 Å². The Hall–Kier alpha value is -1.15. The minimum absolute atomic E-state index is 0.0824. The molecule has 2 fully saturated rings. The quantitative estimate of drug-likeness (QED) is 0.752. The van der Waals surface area contributed by atoms with E-state index in [-0.39, 0.29) is 5.91 Å². The monoisotopic (exact) mass is 338 g/mol. The maximum absolute atomic E-state index is 12.1. The van der Waals surface area contributed by atoms with Crippen LogP contribution in [-0.4, -0.2) is 61.9 Å². The van der Waals surface area contributed by atoms with Gasteiger partial charge in [-0.25, -0.2) is 4.68 Å². The second kappa shape index (κ2) is 7.61. The Morgan fingerprint density at radius 3 is 2.70 bits per heavy atom. The first-order valence-corrected chi connectivity index (χ1v) is 9.52. The number of thioether (sulfide) groups is 1. The summed E-state index contributed by atoms with van der Waals surface area (Å²) in [7, 11) is 0. The summed E-state index contributed by atoms with van der Waals surface area (Å²) in [6.45, 7) is 7.26. The van der Waals surface area contributed by atoms with Crippen LogP contribution < -0.4 is 5.32 Å². The largest absolute Gasteiger partial charge is 0.353 e. The van der Waals surface area contributed by atoms with Crippen molar-refractivity contribution < 1.29 is 4.79 Å². The van der Waals surface area contributed by atoms with Crippen LogP contribution in [0.1, 0.15) is 39.5 Å². The van der Waals surface area contributed by atoms with Gasteiger partial charge in [-0.15, -0.1) is 5.10 Å². The van der Waals surface area contributed by atoms with Gasteiger partial charge in [0.05, 0.1) is 5.75 Å². The molecule has 0 spiro atoms. The molecule has 7 nitrogen and oxygen atoms in total. The minimum atomic E-state index is 0.0824. The molecule has 0 unspecified atom stereocenters. The number of amides is 1. The van der Waals surface area contributed by atoms with E-state index < -0.39 is 0 Å². The molecule has 128 valence electrons. The van der Waals surface area contributed by atoms with Crippen molar-refractivity contribution in [2.24, 2.45) is 5.92 Å². The average molecular weight is 338 g/mol. The third kappa shape index (κ3) is 4.91. The van der Waals surface area contributed by atoms with Crippen molar-refractivity contribution in [3.05, 3.63) is 0 Å². The van der Waals surface area contributed by atoms with E-state index in [4.69, 9.17) is 0 Å². The molecule has 1 N–H and O–H groups in total. The number of likely N-dealkylation sites (tertiary alicyclic amines) is 1. The van der Waals surface area contributed by atoms with E-state index in [1.54, 1.807) is 4.68 Å². The van der Waals surface area contributed by atoms with Crippen LogP contribution >= 0.6 is 11.8 Å². The summed E-state index contributed by atoms with van der Waals surface area (Å²) in [5.41, 5.74) is 0. The molecule has 2 heterocycles. The van der Waals surface area contributed by atoms with Crippen molar-refractivity contribution >= 4 is 17.7 Å². The summed E-state index contributed by atoms with van der Waals surface area (Å²) < 4.78 is 1.77. The van der Waals surface area contributed by atoms with Crippen LogP contribution in [0.3, 0.4) is 0 Å². The molecule has 0 bridgehead atoms. The fourth-order valence-corrected chi connectivity index (χ4v) is 3.71. The highest BCUT2D eigenvalue weighted by Crippen LogP contribution is 2.29. The molecule has 1 saturated heterocycles. The first kappa shape index (κ1) is 16.7. The molecule has 0 atom stereocenters. The Labute approximate surface area is 141 Å². The van der Waals surface area contributed by atoms with E-state index in [1.165, 1.54) is 24.6 Å². The number of piperidine rings is 1. The second-order valence-electron chi connectivity index (χ2n) is 6.94. The fourth-order valence-electron chi connectivity index (χ4n) is 3.01. The number of carbonyl (C=O) groups is 1. The number of rotatable bonds is 7. The average Bonchev–Trinajstić information content (AvgIpc) is 3.27. The van der Waals surface area contributed by atoms with Crippen molar-refractivity contribution in [2.45, 2.75) is 63.3 Å². The highest BCUT2D eigenvalue weighted by atomic mass is 32.2. The highest BCUT2D eigenvalue weighted by Gasteiger charge is 2.32. The van der Waals surface area contributed by atoms with Gasteiger partial charge in [0.1, 0.15) is 0 Å². The predicted octanol–water partition coefficient (Wildman–Crippen LogP) is 1.16. The Morgan fingerprint density at radius 2 is 2.04 bits per heavy atom. The van der Waals surface area contributed by atoms with Gasteiger partial charge in [-0.1, -0.05) is 25.6 Å². The number of hydrogen-bond acceptors (Lipinski definition) is 6. The summed E-state index contributed by atoms with van der Waals surface area (Å²) in [6, 6.07) is 1.16. The molecule has 3 rings (SSSR count). The molecular formula is C15H26N6OS. The van der Waals surface area contributed by atoms with Crippen molar-refractivity contribution in [1.29, 1.82) is 0 Å². The molecule has 23 heavy (non-hydrogen) atoms. The van der Waals surface area contributed by atoms with Crippen molar-refractivity contribution in [1.82, 2.24) is 30.4 Å². The molecule has 0 radical (unpaired) electrons. The SMILES string of the molecule is CC(C)Cn1nnnc1SCC(=O)NC1CCN(C2CC2)CC1. The minimum Gasteiger partial charge on any atom is -0.353 e.